The Hall–Kier alpha value is -0.380. The summed E-state index contributed by atoms with van der Waals surface area (Å²) in [5.41, 5.74) is 0.785. The number of aromatic nitrogens is 2. The van der Waals surface area contributed by atoms with Crippen molar-refractivity contribution in [2.24, 2.45) is 0 Å². The molecule has 0 amide bonds. The van der Waals surface area contributed by atoms with Crippen LogP contribution in [0.5, 0.6) is 0 Å². The molecule has 5 nitrogen and oxygen atoms in total. The van der Waals surface area contributed by atoms with E-state index in [1.54, 1.807) is 13.0 Å². The second-order valence-electron chi connectivity index (χ2n) is 3.23. The van der Waals surface area contributed by atoms with E-state index in [0.717, 1.165) is 9.48 Å². The highest BCUT2D eigenvalue weighted by atomic mass is 79.9. The fourth-order valence-electron chi connectivity index (χ4n) is 1.17. The fraction of sp³-hybridized carbons (Fsp3) is 0.125. The number of aryl methyl sites for hydroxylation is 1. The summed E-state index contributed by atoms with van der Waals surface area (Å²) in [4.78, 5) is 0.190. The summed E-state index contributed by atoms with van der Waals surface area (Å²) in [6.45, 7) is 1.79. The molecule has 0 spiro atoms. The number of sulfonamides is 1. The van der Waals surface area contributed by atoms with E-state index < -0.39 is 10.0 Å². The molecule has 0 fully saturated rings. The van der Waals surface area contributed by atoms with Gasteiger partial charge in [0.15, 0.2) is 5.82 Å². The van der Waals surface area contributed by atoms with E-state index in [1.807, 2.05) is 0 Å². The van der Waals surface area contributed by atoms with Crippen molar-refractivity contribution in [3.8, 4) is 0 Å². The molecule has 0 aliphatic heterocycles. The van der Waals surface area contributed by atoms with Crippen molar-refractivity contribution in [3.05, 3.63) is 25.4 Å². The van der Waals surface area contributed by atoms with E-state index in [-0.39, 0.29) is 10.7 Å². The molecule has 0 radical (unpaired) electrons. The summed E-state index contributed by atoms with van der Waals surface area (Å²) in [6.07, 6.45) is 0. The van der Waals surface area contributed by atoms with Crippen molar-refractivity contribution in [2.45, 2.75) is 11.8 Å². The van der Waals surface area contributed by atoms with Crippen LogP contribution >= 0.6 is 43.2 Å². The summed E-state index contributed by atoms with van der Waals surface area (Å²) in [5, 5.41) is 6.49. The molecule has 0 bridgehead atoms. The van der Waals surface area contributed by atoms with Gasteiger partial charge in [0.25, 0.3) is 10.0 Å². The highest BCUT2D eigenvalue weighted by molar-refractivity contribution is 9.12. The molecule has 2 aromatic rings. The van der Waals surface area contributed by atoms with E-state index in [4.69, 9.17) is 0 Å². The minimum atomic E-state index is -3.61. The van der Waals surface area contributed by atoms with Gasteiger partial charge in [0.1, 0.15) is 4.90 Å². The SMILES string of the molecule is Cc1cc(NS(=O)(=O)c2cc(Br)sc2Br)n[nH]1. The second-order valence-corrected chi connectivity index (χ2v) is 8.63. The number of thiophene rings is 1. The number of aromatic amines is 1. The Morgan fingerprint density at radius 2 is 2.12 bits per heavy atom. The van der Waals surface area contributed by atoms with E-state index in [2.05, 4.69) is 46.8 Å². The molecule has 2 N–H and O–H groups in total. The minimum Gasteiger partial charge on any atom is -0.281 e. The Morgan fingerprint density at radius 1 is 1.41 bits per heavy atom. The molecule has 0 atom stereocenters. The first kappa shape index (κ1) is 13.1. The molecule has 2 rings (SSSR count). The summed E-state index contributed by atoms with van der Waals surface area (Å²) in [6, 6.07) is 3.16. The number of rotatable bonds is 3. The average Bonchev–Trinajstić information content (AvgIpc) is 2.72. The van der Waals surface area contributed by atoms with Crippen LogP contribution in [0, 0.1) is 6.92 Å². The first-order valence-corrected chi connectivity index (χ1v) is 8.27. The number of anilines is 1. The van der Waals surface area contributed by atoms with E-state index in [9.17, 15) is 8.42 Å². The number of H-pyrrole nitrogens is 1. The molecule has 2 heterocycles. The maximum atomic E-state index is 12.0. The van der Waals surface area contributed by atoms with Gasteiger partial charge >= 0.3 is 0 Å². The number of nitrogens with one attached hydrogen (secondary N) is 2. The second kappa shape index (κ2) is 4.71. The quantitative estimate of drug-likeness (QED) is 0.831. The molecule has 92 valence electrons. The number of halogens is 2. The van der Waals surface area contributed by atoms with Gasteiger partial charge in [-0.1, -0.05) is 0 Å². The lowest BCUT2D eigenvalue weighted by molar-refractivity contribution is 0.601. The van der Waals surface area contributed by atoms with Gasteiger partial charge in [0.2, 0.25) is 0 Å². The van der Waals surface area contributed by atoms with Crippen LogP contribution in [-0.4, -0.2) is 18.6 Å². The zero-order valence-electron chi connectivity index (χ0n) is 8.49. The lowest BCUT2D eigenvalue weighted by Gasteiger charge is -2.03. The zero-order valence-corrected chi connectivity index (χ0v) is 13.3. The van der Waals surface area contributed by atoms with Crippen LogP contribution in [0.1, 0.15) is 5.69 Å². The van der Waals surface area contributed by atoms with Gasteiger partial charge in [-0.15, -0.1) is 11.3 Å². The highest BCUT2D eigenvalue weighted by Crippen LogP contribution is 2.35. The molecule has 0 unspecified atom stereocenters. The Kier molecular flexibility index (Phi) is 3.62. The zero-order chi connectivity index (χ0) is 12.6. The molecule has 9 heteroatoms. The van der Waals surface area contributed by atoms with E-state index in [1.165, 1.54) is 17.4 Å². The van der Waals surface area contributed by atoms with Gasteiger partial charge in [0.05, 0.1) is 7.57 Å². The average molecular weight is 401 g/mol. The molecule has 0 aliphatic carbocycles. The lowest BCUT2D eigenvalue weighted by Crippen LogP contribution is -2.12. The Morgan fingerprint density at radius 3 is 2.59 bits per heavy atom. The maximum Gasteiger partial charge on any atom is 0.265 e. The van der Waals surface area contributed by atoms with Crippen molar-refractivity contribution >= 4 is 59.0 Å². The van der Waals surface area contributed by atoms with Crippen LogP contribution < -0.4 is 4.72 Å². The molecular formula is C8H7Br2N3O2S2. The standard InChI is InChI=1S/C8H7Br2N3O2S2/c1-4-2-7(12-11-4)13-17(14,15)5-3-6(9)16-8(5)10/h2-3H,1H3,(H2,11,12,13). The molecular weight excluding hydrogens is 394 g/mol. The van der Waals surface area contributed by atoms with E-state index >= 15 is 0 Å². The highest BCUT2D eigenvalue weighted by Gasteiger charge is 2.21. The molecule has 0 saturated heterocycles. The largest absolute Gasteiger partial charge is 0.281 e. The summed E-state index contributed by atoms with van der Waals surface area (Å²) < 4.78 is 27.8. The topological polar surface area (TPSA) is 74.8 Å². The normalized spacial score (nSPS) is 11.7. The number of nitrogens with zero attached hydrogens (tertiary/aromatic N) is 1. The van der Waals surface area contributed by atoms with Gasteiger partial charge < -0.3 is 0 Å². The minimum absolute atomic E-state index is 0.190. The van der Waals surface area contributed by atoms with Crippen LogP contribution in [0.25, 0.3) is 0 Å². The third-order valence-electron chi connectivity index (χ3n) is 1.86. The molecule has 17 heavy (non-hydrogen) atoms. The van der Waals surface area contributed by atoms with Crippen LogP contribution in [0.3, 0.4) is 0 Å². The maximum absolute atomic E-state index is 12.0. The monoisotopic (exact) mass is 399 g/mol. The summed E-state index contributed by atoms with van der Waals surface area (Å²) >= 11 is 7.75. The van der Waals surface area contributed by atoms with Crippen molar-refractivity contribution in [1.29, 1.82) is 0 Å². The van der Waals surface area contributed by atoms with Crippen molar-refractivity contribution in [2.75, 3.05) is 4.72 Å². The van der Waals surface area contributed by atoms with Crippen molar-refractivity contribution in [3.63, 3.8) is 0 Å². The first-order chi connectivity index (χ1) is 7.88. The fourth-order valence-corrected chi connectivity index (χ4v) is 5.98. The van der Waals surface area contributed by atoms with Gasteiger partial charge in [0, 0.05) is 11.8 Å². The number of hydrogen-bond donors (Lipinski definition) is 2. The third kappa shape index (κ3) is 2.90. The number of hydrogen-bond acceptors (Lipinski definition) is 4. The van der Waals surface area contributed by atoms with Gasteiger partial charge in [-0.2, -0.15) is 5.10 Å². The predicted molar refractivity (Wildman–Crippen MR) is 73.9 cm³/mol. The molecule has 0 saturated carbocycles. The van der Waals surface area contributed by atoms with Gasteiger partial charge in [-0.25, -0.2) is 8.42 Å². The van der Waals surface area contributed by atoms with Crippen molar-refractivity contribution in [1.82, 2.24) is 10.2 Å². The predicted octanol–water partition coefficient (Wildman–Crippen LogP) is 3.11. The van der Waals surface area contributed by atoms with Gasteiger partial charge in [-0.05, 0) is 44.8 Å². The summed E-state index contributed by atoms with van der Waals surface area (Å²) in [7, 11) is -3.61. The van der Waals surface area contributed by atoms with Crippen molar-refractivity contribution < 1.29 is 8.42 Å². The van der Waals surface area contributed by atoms with Crippen LogP contribution in [0.4, 0.5) is 5.82 Å². The van der Waals surface area contributed by atoms with Crippen LogP contribution in [0.15, 0.2) is 24.6 Å². The van der Waals surface area contributed by atoms with Gasteiger partial charge in [-0.3, -0.25) is 9.82 Å². The molecule has 0 aliphatic rings. The van der Waals surface area contributed by atoms with E-state index in [0.29, 0.717) is 3.79 Å². The van der Waals surface area contributed by atoms with Crippen LogP contribution in [0.2, 0.25) is 0 Å². The first-order valence-electron chi connectivity index (χ1n) is 4.38. The third-order valence-corrected chi connectivity index (χ3v) is 5.97. The Bertz CT molecular complexity index is 648. The smallest absolute Gasteiger partial charge is 0.265 e. The Balaban J connectivity index is 2.34. The lowest BCUT2D eigenvalue weighted by atomic mass is 10.5. The molecule has 0 aromatic carbocycles. The van der Waals surface area contributed by atoms with Crippen LogP contribution in [-0.2, 0) is 10.0 Å². The molecule has 2 aromatic heterocycles. The summed E-state index contributed by atoms with van der Waals surface area (Å²) in [5.74, 6) is 0.275. The Labute approximate surface area is 119 Å².